The van der Waals surface area contributed by atoms with Crippen LogP contribution in [0.3, 0.4) is 0 Å². The minimum absolute atomic E-state index is 0.747. The van der Waals surface area contributed by atoms with Gasteiger partial charge < -0.3 is 0 Å². The first kappa shape index (κ1) is 15.4. The Kier molecular flexibility index (Phi) is 5.60. The highest BCUT2D eigenvalue weighted by Crippen LogP contribution is 2.29. The van der Waals surface area contributed by atoms with Gasteiger partial charge in [-0.3, -0.25) is 4.90 Å². The molecular formula is C19H28ClN. The van der Waals surface area contributed by atoms with Gasteiger partial charge in [0.05, 0.1) is 0 Å². The lowest BCUT2D eigenvalue weighted by molar-refractivity contribution is 0.106. The monoisotopic (exact) mass is 305 g/mol. The molecule has 2 fully saturated rings. The average molecular weight is 306 g/mol. The summed E-state index contributed by atoms with van der Waals surface area (Å²) in [5.41, 5.74) is 1.45. The lowest BCUT2D eigenvalue weighted by Crippen LogP contribution is -2.45. The highest BCUT2D eigenvalue weighted by atomic mass is 35.5. The molecule has 2 aliphatic rings. The zero-order chi connectivity index (χ0) is 14.5. The van der Waals surface area contributed by atoms with Crippen LogP contribution in [0, 0.1) is 0 Å². The molecule has 1 aliphatic carbocycles. The molecule has 1 nitrogen and oxygen atoms in total. The Labute approximate surface area is 134 Å². The van der Waals surface area contributed by atoms with E-state index in [1.807, 2.05) is 12.1 Å². The standard InChI is InChI=1S/C19H28ClN/c20-17-12-10-16(11-13-17)15-19-9-5-2-6-14-21(19)18-7-3-1-4-8-18/h10-13,18-19H,1-9,14-15H2. The van der Waals surface area contributed by atoms with Crippen LogP contribution in [0.5, 0.6) is 0 Å². The number of nitrogens with zero attached hydrogens (tertiary/aromatic N) is 1. The number of likely N-dealkylation sites (tertiary alicyclic amines) is 1. The van der Waals surface area contributed by atoms with Gasteiger partial charge >= 0.3 is 0 Å². The Balaban J connectivity index is 1.70. The fourth-order valence-electron chi connectivity index (χ4n) is 4.20. The molecule has 3 rings (SSSR count). The second-order valence-electron chi connectivity index (χ2n) is 6.86. The van der Waals surface area contributed by atoms with E-state index in [2.05, 4.69) is 17.0 Å². The number of benzene rings is 1. The zero-order valence-electron chi connectivity index (χ0n) is 13.1. The lowest BCUT2D eigenvalue weighted by atomic mass is 9.91. The summed E-state index contributed by atoms with van der Waals surface area (Å²) in [6, 6.07) is 10.1. The van der Waals surface area contributed by atoms with Gasteiger partial charge in [-0.15, -0.1) is 0 Å². The van der Waals surface area contributed by atoms with Crippen molar-refractivity contribution in [1.29, 1.82) is 0 Å². The molecule has 1 heterocycles. The van der Waals surface area contributed by atoms with Crippen molar-refractivity contribution in [3.63, 3.8) is 0 Å². The van der Waals surface area contributed by atoms with Crippen LogP contribution in [0.25, 0.3) is 0 Å². The molecule has 1 saturated heterocycles. The fraction of sp³-hybridized carbons (Fsp3) is 0.684. The molecule has 0 N–H and O–H groups in total. The van der Waals surface area contributed by atoms with Crippen LogP contribution >= 0.6 is 11.6 Å². The van der Waals surface area contributed by atoms with E-state index in [-0.39, 0.29) is 0 Å². The van der Waals surface area contributed by atoms with E-state index in [0.717, 1.165) is 17.1 Å². The van der Waals surface area contributed by atoms with Crippen LogP contribution in [0.1, 0.15) is 63.4 Å². The second kappa shape index (κ2) is 7.65. The highest BCUT2D eigenvalue weighted by molar-refractivity contribution is 6.30. The zero-order valence-corrected chi connectivity index (χ0v) is 13.8. The van der Waals surface area contributed by atoms with Crippen LogP contribution in [-0.4, -0.2) is 23.5 Å². The molecule has 0 amide bonds. The third-order valence-corrected chi connectivity index (χ3v) is 5.60. The molecule has 0 radical (unpaired) electrons. The predicted octanol–water partition coefficient (Wildman–Crippen LogP) is 5.46. The van der Waals surface area contributed by atoms with Crippen LogP contribution < -0.4 is 0 Å². The number of halogens is 1. The van der Waals surface area contributed by atoms with Crippen molar-refractivity contribution in [2.45, 2.75) is 76.3 Å². The van der Waals surface area contributed by atoms with Gasteiger partial charge in [-0.25, -0.2) is 0 Å². The third kappa shape index (κ3) is 4.23. The van der Waals surface area contributed by atoms with Gasteiger partial charge in [-0.05, 0) is 56.3 Å². The minimum Gasteiger partial charge on any atom is -0.297 e. The SMILES string of the molecule is Clc1ccc(CC2CCCCCN2C2CCCCC2)cc1. The van der Waals surface area contributed by atoms with E-state index in [1.165, 1.54) is 76.3 Å². The molecule has 1 aromatic carbocycles. The highest BCUT2D eigenvalue weighted by Gasteiger charge is 2.28. The largest absolute Gasteiger partial charge is 0.297 e. The third-order valence-electron chi connectivity index (χ3n) is 5.35. The summed E-state index contributed by atoms with van der Waals surface area (Å²) < 4.78 is 0. The quantitative estimate of drug-likeness (QED) is 0.716. The summed E-state index contributed by atoms with van der Waals surface area (Å²) in [6.07, 6.45) is 14.0. The van der Waals surface area contributed by atoms with Crippen molar-refractivity contribution in [2.75, 3.05) is 6.54 Å². The number of hydrogen-bond donors (Lipinski definition) is 0. The molecule has 0 aromatic heterocycles. The van der Waals surface area contributed by atoms with E-state index in [0.29, 0.717) is 0 Å². The van der Waals surface area contributed by atoms with E-state index >= 15 is 0 Å². The van der Waals surface area contributed by atoms with E-state index in [9.17, 15) is 0 Å². The first-order valence-corrected chi connectivity index (χ1v) is 9.21. The second-order valence-corrected chi connectivity index (χ2v) is 7.30. The molecule has 2 heteroatoms. The molecule has 116 valence electrons. The van der Waals surface area contributed by atoms with Gasteiger partial charge in [0.15, 0.2) is 0 Å². The summed E-state index contributed by atoms with van der Waals surface area (Å²) in [5.74, 6) is 0. The van der Waals surface area contributed by atoms with Crippen molar-refractivity contribution < 1.29 is 0 Å². The maximum Gasteiger partial charge on any atom is 0.0406 e. The number of hydrogen-bond acceptors (Lipinski definition) is 1. The van der Waals surface area contributed by atoms with Crippen molar-refractivity contribution >= 4 is 11.6 Å². The van der Waals surface area contributed by atoms with Crippen molar-refractivity contribution in [3.05, 3.63) is 34.9 Å². The first-order valence-electron chi connectivity index (χ1n) is 8.83. The van der Waals surface area contributed by atoms with Gasteiger partial charge in [-0.2, -0.15) is 0 Å². The Bertz CT molecular complexity index is 422. The smallest absolute Gasteiger partial charge is 0.0406 e. The molecule has 1 atom stereocenters. The van der Waals surface area contributed by atoms with Crippen LogP contribution in [-0.2, 0) is 6.42 Å². The van der Waals surface area contributed by atoms with Crippen LogP contribution in [0.15, 0.2) is 24.3 Å². The number of rotatable bonds is 3. The summed E-state index contributed by atoms with van der Waals surface area (Å²) in [6.45, 7) is 1.32. The van der Waals surface area contributed by atoms with E-state index in [1.54, 1.807) is 0 Å². The molecule has 0 bridgehead atoms. The Hall–Kier alpha value is -0.530. The summed E-state index contributed by atoms with van der Waals surface area (Å²) >= 11 is 6.02. The lowest BCUT2D eigenvalue weighted by Gasteiger charge is -2.39. The predicted molar refractivity (Wildman–Crippen MR) is 91.0 cm³/mol. The van der Waals surface area contributed by atoms with Crippen molar-refractivity contribution in [3.8, 4) is 0 Å². The average Bonchev–Trinajstić information content (AvgIpc) is 2.76. The van der Waals surface area contributed by atoms with Crippen LogP contribution in [0.4, 0.5) is 0 Å². The van der Waals surface area contributed by atoms with Gasteiger partial charge in [0.1, 0.15) is 0 Å². The summed E-state index contributed by atoms with van der Waals surface area (Å²) in [7, 11) is 0. The molecule has 1 saturated carbocycles. The molecule has 21 heavy (non-hydrogen) atoms. The van der Waals surface area contributed by atoms with Crippen molar-refractivity contribution in [2.24, 2.45) is 0 Å². The maximum absolute atomic E-state index is 6.02. The van der Waals surface area contributed by atoms with Gasteiger partial charge in [0.25, 0.3) is 0 Å². The Morgan fingerprint density at radius 1 is 0.857 bits per heavy atom. The summed E-state index contributed by atoms with van der Waals surface area (Å²) in [4.78, 5) is 2.88. The normalized spacial score (nSPS) is 25.7. The summed E-state index contributed by atoms with van der Waals surface area (Å²) in [5, 5.41) is 0.851. The topological polar surface area (TPSA) is 3.24 Å². The minimum atomic E-state index is 0.747. The Morgan fingerprint density at radius 2 is 1.52 bits per heavy atom. The van der Waals surface area contributed by atoms with Gasteiger partial charge in [-0.1, -0.05) is 55.8 Å². The molecule has 0 spiro atoms. The molecular weight excluding hydrogens is 278 g/mol. The maximum atomic E-state index is 6.02. The fourth-order valence-corrected chi connectivity index (χ4v) is 4.33. The van der Waals surface area contributed by atoms with Gasteiger partial charge in [0, 0.05) is 17.1 Å². The van der Waals surface area contributed by atoms with Crippen molar-refractivity contribution in [1.82, 2.24) is 4.90 Å². The Morgan fingerprint density at radius 3 is 2.29 bits per heavy atom. The van der Waals surface area contributed by atoms with Crippen LogP contribution in [0.2, 0.25) is 5.02 Å². The first-order chi connectivity index (χ1) is 10.3. The van der Waals surface area contributed by atoms with Gasteiger partial charge in [0.2, 0.25) is 0 Å². The van der Waals surface area contributed by atoms with E-state index < -0.39 is 0 Å². The van der Waals surface area contributed by atoms with E-state index in [4.69, 9.17) is 11.6 Å². The molecule has 1 aliphatic heterocycles. The molecule has 1 unspecified atom stereocenters. The molecule has 1 aromatic rings.